The van der Waals surface area contributed by atoms with Crippen molar-refractivity contribution in [2.75, 3.05) is 13.2 Å². The Balaban J connectivity index is 2.24. The van der Waals surface area contributed by atoms with Gasteiger partial charge in [-0.05, 0) is 6.42 Å². The average molecular weight is 219 g/mol. The van der Waals surface area contributed by atoms with Gasteiger partial charge in [0, 0.05) is 6.04 Å². The SMILES string of the molecule is OC[C@@H]1C[C@@H](O)[C@H]2[C@@H](O)[C@@H](O)[C@H](CO)N12. The monoisotopic (exact) mass is 219 g/mol. The van der Waals surface area contributed by atoms with E-state index in [0.717, 1.165) is 0 Å². The van der Waals surface area contributed by atoms with Gasteiger partial charge in [-0.2, -0.15) is 0 Å². The van der Waals surface area contributed by atoms with Crippen LogP contribution >= 0.6 is 0 Å². The van der Waals surface area contributed by atoms with E-state index in [1.165, 1.54) is 0 Å². The Labute approximate surface area is 87.4 Å². The van der Waals surface area contributed by atoms with Crippen molar-refractivity contribution in [1.29, 1.82) is 0 Å². The number of hydrogen-bond acceptors (Lipinski definition) is 6. The van der Waals surface area contributed by atoms with Crippen molar-refractivity contribution >= 4 is 0 Å². The van der Waals surface area contributed by atoms with E-state index in [1.807, 2.05) is 0 Å². The minimum atomic E-state index is -1.07. The highest BCUT2D eigenvalue weighted by atomic mass is 16.3. The summed E-state index contributed by atoms with van der Waals surface area (Å²) in [6, 6.07) is -1.47. The summed E-state index contributed by atoms with van der Waals surface area (Å²) in [7, 11) is 0. The van der Waals surface area contributed by atoms with E-state index in [-0.39, 0.29) is 19.3 Å². The second-order valence-corrected chi connectivity index (χ2v) is 4.31. The Morgan fingerprint density at radius 2 is 1.67 bits per heavy atom. The Bertz CT molecular complexity index is 239. The van der Waals surface area contributed by atoms with Crippen LogP contribution in [0, 0.1) is 0 Å². The van der Waals surface area contributed by atoms with Crippen molar-refractivity contribution in [1.82, 2.24) is 4.90 Å². The molecule has 2 saturated heterocycles. The smallest absolute Gasteiger partial charge is 0.0995 e. The summed E-state index contributed by atoms with van der Waals surface area (Å²) in [6.07, 6.45) is -2.53. The fraction of sp³-hybridized carbons (Fsp3) is 1.00. The highest BCUT2D eigenvalue weighted by molar-refractivity contribution is 5.10. The van der Waals surface area contributed by atoms with Gasteiger partial charge in [-0.1, -0.05) is 0 Å². The van der Waals surface area contributed by atoms with Gasteiger partial charge < -0.3 is 25.5 Å². The van der Waals surface area contributed by atoms with Crippen molar-refractivity contribution in [2.45, 2.75) is 42.9 Å². The summed E-state index contributed by atoms with van der Waals surface area (Å²) in [4.78, 5) is 1.64. The van der Waals surface area contributed by atoms with Crippen LogP contribution in [-0.4, -0.2) is 80.1 Å². The molecule has 2 fully saturated rings. The van der Waals surface area contributed by atoms with Crippen LogP contribution < -0.4 is 0 Å². The number of fused-ring (bicyclic) bond motifs is 1. The van der Waals surface area contributed by atoms with E-state index in [4.69, 9.17) is 10.2 Å². The lowest BCUT2D eigenvalue weighted by molar-refractivity contribution is -0.00253. The largest absolute Gasteiger partial charge is 0.395 e. The van der Waals surface area contributed by atoms with Crippen LogP contribution in [0.2, 0.25) is 0 Å². The van der Waals surface area contributed by atoms with Gasteiger partial charge in [-0.25, -0.2) is 0 Å². The molecule has 2 aliphatic rings. The molecule has 0 unspecified atom stereocenters. The topological polar surface area (TPSA) is 104 Å². The van der Waals surface area contributed by atoms with Crippen LogP contribution in [0.15, 0.2) is 0 Å². The molecule has 0 radical (unpaired) electrons. The maximum atomic E-state index is 9.71. The molecule has 0 aromatic carbocycles. The molecule has 88 valence electrons. The fourth-order valence-electron chi connectivity index (χ4n) is 2.85. The van der Waals surface area contributed by atoms with Gasteiger partial charge in [-0.15, -0.1) is 0 Å². The molecule has 0 spiro atoms. The van der Waals surface area contributed by atoms with Crippen LogP contribution in [-0.2, 0) is 0 Å². The van der Waals surface area contributed by atoms with E-state index >= 15 is 0 Å². The number of aliphatic hydroxyl groups is 5. The predicted octanol–water partition coefficient (Wildman–Crippen LogP) is -3.12. The molecule has 6 atom stereocenters. The molecule has 0 aromatic heterocycles. The molecule has 0 amide bonds. The third-order valence-corrected chi connectivity index (χ3v) is 3.55. The quantitative estimate of drug-likeness (QED) is 0.336. The molecule has 6 heteroatoms. The molecule has 0 bridgehead atoms. The highest BCUT2D eigenvalue weighted by Gasteiger charge is 2.56. The Hall–Kier alpha value is -0.240. The lowest BCUT2D eigenvalue weighted by Gasteiger charge is -2.28. The molecule has 0 aromatic rings. The summed E-state index contributed by atoms with van der Waals surface area (Å²) >= 11 is 0. The van der Waals surface area contributed by atoms with Crippen molar-refractivity contribution in [3.63, 3.8) is 0 Å². The van der Waals surface area contributed by atoms with Crippen molar-refractivity contribution in [3.8, 4) is 0 Å². The molecule has 2 heterocycles. The zero-order valence-electron chi connectivity index (χ0n) is 8.27. The number of hydrogen-bond donors (Lipinski definition) is 5. The normalized spacial score (nSPS) is 51.0. The Kier molecular flexibility index (Phi) is 2.98. The highest BCUT2D eigenvalue weighted by Crippen LogP contribution is 2.37. The fourth-order valence-corrected chi connectivity index (χ4v) is 2.85. The second-order valence-electron chi connectivity index (χ2n) is 4.31. The van der Waals surface area contributed by atoms with Crippen molar-refractivity contribution in [2.24, 2.45) is 0 Å². The van der Waals surface area contributed by atoms with Gasteiger partial charge in [0.25, 0.3) is 0 Å². The zero-order chi connectivity index (χ0) is 11.2. The third kappa shape index (κ3) is 1.49. The predicted molar refractivity (Wildman–Crippen MR) is 50.0 cm³/mol. The van der Waals surface area contributed by atoms with Crippen molar-refractivity contribution in [3.05, 3.63) is 0 Å². The van der Waals surface area contributed by atoms with Crippen LogP contribution in [0.3, 0.4) is 0 Å². The third-order valence-electron chi connectivity index (χ3n) is 3.55. The van der Waals surface area contributed by atoms with E-state index in [2.05, 4.69) is 0 Å². The summed E-state index contributed by atoms with van der Waals surface area (Å²) in [5, 5.41) is 47.3. The molecular weight excluding hydrogens is 202 g/mol. The molecule has 15 heavy (non-hydrogen) atoms. The first kappa shape index (κ1) is 11.3. The summed E-state index contributed by atoms with van der Waals surface area (Å²) in [5.41, 5.74) is 0. The first-order valence-corrected chi connectivity index (χ1v) is 5.15. The van der Waals surface area contributed by atoms with Gasteiger partial charge in [0.15, 0.2) is 0 Å². The lowest BCUT2D eigenvalue weighted by Crippen LogP contribution is -2.45. The van der Waals surface area contributed by atoms with Crippen LogP contribution in [0.4, 0.5) is 0 Å². The van der Waals surface area contributed by atoms with E-state index in [0.29, 0.717) is 6.42 Å². The van der Waals surface area contributed by atoms with Gasteiger partial charge in [-0.3, -0.25) is 4.90 Å². The molecular formula is C9H17NO5. The number of nitrogens with zero attached hydrogens (tertiary/aromatic N) is 1. The summed E-state index contributed by atoms with van der Waals surface area (Å²) < 4.78 is 0. The average Bonchev–Trinajstić information content (AvgIpc) is 2.67. The minimum absolute atomic E-state index is 0.149. The van der Waals surface area contributed by atoms with E-state index in [1.54, 1.807) is 4.90 Å². The maximum absolute atomic E-state index is 9.71. The molecule has 5 N–H and O–H groups in total. The minimum Gasteiger partial charge on any atom is -0.395 e. The summed E-state index contributed by atoms with van der Waals surface area (Å²) in [5.74, 6) is 0. The van der Waals surface area contributed by atoms with Crippen LogP contribution in [0.25, 0.3) is 0 Å². The van der Waals surface area contributed by atoms with E-state index < -0.39 is 30.4 Å². The van der Waals surface area contributed by atoms with Gasteiger partial charge in [0.2, 0.25) is 0 Å². The Morgan fingerprint density at radius 3 is 2.20 bits per heavy atom. The second kappa shape index (κ2) is 3.97. The van der Waals surface area contributed by atoms with Gasteiger partial charge in [0.05, 0.1) is 43.6 Å². The number of rotatable bonds is 2. The molecule has 2 aliphatic heterocycles. The molecule has 6 nitrogen and oxygen atoms in total. The molecule has 2 rings (SSSR count). The van der Waals surface area contributed by atoms with Crippen molar-refractivity contribution < 1.29 is 25.5 Å². The lowest BCUT2D eigenvalue weighted by atomic mass is 10.0. The summed E-state index contributed by atoms with van der Waals surface area (Å²) in [6.45, 7) is -0.443. The molecule has 0 saturated carbocycles. The Morgan fingerprint density at radius 1 is 1.00 bits per heavy atom. The van der Waals surface area contributed by atoms with Gasteiger partial charge >= 0.3 is 0 Å². The maximum Gasteiger partial charge on any atom is 0.0995 e. The first-order valence-electron chi connectivity index (χ1n) is 5.15. The number of aliphatic hydroxyl groups excluding tert-OH is 5. The van der Waals surface area contributed by atoms with E-state index in [9.17, 15) is 15.3 Å². The standard InChI is InChI=1S/C9H17NO5/c11-2-4-1-6(13)7-9(15)8(14)5(3-12)10(4)7/h4-9,11-15H,1-3H2/t4-,5-,6+,7-,8-,9+/m0/s1. The van der Waals surface area contributed by atoms with Crippen LogP contribution in [0.5, 0.6) is 0 Å². The first-order chi connectivity index (χ1) is 7.11. The zero-order valence-corrected chi connectivity index (χ0v) is 8.27. The van der Waals surface area contributed by atoms with Crippen LogP contribution in [0.1, 0.15) is 6.42 Å². The van der Waals surface area contributed by atoms with Gasteiger partial charge in [0.1, 0.15) is 0 Å². The molecule has 0 aliphatic carbocycles.